The van der Waals surface area contributed by atoms with Gasteiger partial charge in [0.05, 0.1) is 12.4 Å². The second-order valence-corrected chi connectivity index (χ2v) is 6.52. The fourth-order valence-electron chi connectivity index (χ4n) is 2.81. The molecule has 0 aliphatic carbocycles. The number of halogens is 4. The fourth-order valence-corrected chi connectivity index (χ4v) is 2.81. The van der Waals surface area contributed by atoms with E-state index in [-0.39, 0.29) is 24.0 Å². The van der Waals surface area contributed by atoms with Crippen LogP contribution >= 0.6 is 0 Å². The van der Waals surface area contributed by atoms with Crippen molar-refractivity contribution in [1.29, 1.82) is 0 Å². The van der Waals surface area contributed by atoms with Gasteiger partial charge in [0.15, 0.2) is 12.1 Å². The third kappa shape index (κ3) is 5.10. The van der Waals surface area contributed by atoms with Crippen LogP contribution in [-0.4, -0.2) is 45.8 Å². The van der Waals surface area contributed by atoms with Crippen molar-refractivity contribution in [2.75, 3.05) is 11.9 Å². The average Bonchev–Trinajstić information content (AvgIpc) is 2.78. The molecule has 0 radical (unpaired) electrons. The minimum atomic E-state index is -4.85. The predicted molar refractivity (Wildman–Crippen MR) is 106 cm³/mol. The maximum atomic E-state index is 14.6. The van der Waals surface area contributed by atoms with E-state index in [0.29, 0.717) is 0 Å². The molecule has 0 fully saturated rings. The summed E-state index contributed by atoms with van der Waals surface area (Å²) in [6, 6.07) is 1.06. The summed E-state index contributed by atoms with van der Waals surface area (Å²) in [6.07, 6.45) is 4.48. The van der Waals surface area contributed by atoms with Crippen LogP contribution in [0.4, 0.5) is 23.4 Å². The molecule has 0 saturated carbocycles. The summed E-state index contributed by atoms with van der Waals surface area (Å²) in [7, 11) is 0. The molecule has 13 heteroatoms. The van der Waals surface area contributed by atoms with E-state index in [9.17, 15) is 22.4 Å². The highest BCUT2D eigenvalue weighted by Crippen LogP contribution is 2.40. The monoisotopic (exact) mass is 462 g/mol. The molecule has 170 valence electrons. The number of alkyl halides is 3. The molecule has 2 aromatic heterocycles. The van der Waals surface area contributed by atoms with Crippen molar-refractivity contribution in [2.45, 2.75) is 24.2 Å². The van der Waals surface area contributed by atoms with Gasteiger partial charge < -0.3 is 20.5 Å². The Bertz CT molecular complexity index is 1170. The van der Waals surface area contributed by atoms with Gasteiger partial charge in [0.25, 0.3) is 11.9 Å². The molecule has 1 aliphatic heterocycles. The lowest BCUT2D eigenvalue weighted by molar-refractivity contribution is -0.206. The average molecular weight is 462 g/mol. The number of amides is 1. The summed E-state index contributed by atoms with van der Waals surface area (Å²) >= 11 is 0. The molecule has 3 N–H and O–H groups in total. The number of carbonyl (C=O) groups excluding carboxylic acids is 1. The Morgan fingerprint density at radius 2 is 2.09 bits per heavy atom. The molecular formula is C20H14F4N6O3. The smallest absolute Gasteiger partial charge is 0.425 e. The Morgan fingerprint density at radius 1 is 1.33 bits per heavy atom. The van der Waals surface area contributed by atoms with E-state index in [1.165, 1.54) is 0 Å². The summed E-state index contributed by atoms with van der Waals surface area (Å²) in [4.78, 5) is 27.7. The molecule has 0 aromatic carbocycles. The van der Waals surface area contributed by atoms with Gasteiger partial charge in [-0.05, 0) is 12.1 Å². The molecule has 1 amide bonds. The number of nitrogens with one attached hydrogen (secondary N) is 1. The van der Waals surface area contributed by atoms with Gasteiger partial charge >= 0.3 is 6.18 Å². The zero-order valence-corrected chi connectivity index (χ0v) is 16.6. The maximum Gasteiger partial charge on any atom is 0.425 e. The second-order valence-electron chi connectivity index (χ2n) is 6.52. The van der Waals surface area contributed by atoms with Crippen molar-refractivity contribution < 1.29 is 31.8 Å². The quantitative estimate of drug-likeness (QED) is 0.513. The molecule has 3 heterocycles. The number of carbonyl (C=O) groups is 1. The minimum Gasteiger partial charge on any atom is -0.463 e. The van der Waals surface area contributed by atoms with E-state index in [1.54, 1.807) is 0 Å². The third-order valence-electron chi connectivity index (χ3n) is 4.29. The SMILES string of the molecule is C#CCOc1cnc(C(=O)Nc2ccc(F)c([C@]3(C#C)C[C@@H](C(F)(F)F)OC(N)=N3)n2)cn1. The lowest BCUT2D eigenvalue weighted by Gasteiger charge is -2.34. The van der Waals surface area contributed by atoms with Crippen molar-refractivity contribution in [3.05, 3.63) is 41.7 Å². The van der Waals surface area contributed by atoms with Crippen LogP contribution in [0, 0.1) is 30.5 Å². The van der Waals surface area contributed by atoms with Gasteiger partial charge in [0, 0.05) is 6.42 Å². The van der Waals surface area contributed by atoms with Crippen LogP contribution in [-0.2, 0) is 10.3 Å². The van der Waals surface area contributed by atoms with Gasteiger partial charge in [-0.1, -0.05) is 11.8 Å². The Hall–Kier alpha value is -4.39. The number of amidine groups is 1. The van der Waals surface area contributed by atoms with Crippen LogP contribution in [0.15, 0.2) is 29.5 Å². The number of aromatic nitrogens is 3. The molecule has 2 aromatic rings. The molecular weight excluding hydrogens is 448 g/mol. The highest BCUT2D eigenvalue weighted by molar-refractivity contribution is 6.02. The Labute approximate surface area is 184 Å². The molecule has 3 rings (SSSR count). The highest BCUT2D eigenvalue weighted by Gasteiger charge is 2.52. The minimum absolute atomic E-state index is 0.0489. The number of rotatable bonds is 5. The van der Waals surface area contributed by atoms with E-state index in [2.05, 4.69) is 35.9 Å². The van der Waals surface area contributed by atoms with Crippen LogP contribution < -0.4 is 15.8 Å². The Morgan fingerprint density at radius 3 is 2.70 bits per heavy atom. The van der Waals surface area contributed by atoms with Crippen molar-refractivity contribution >= 4 is 17.7 Å². The summed E-state index contributed by atoms with van der Waals surface area (Å²) in [5.41, 5.74) is 2.35. The largest absolute Gasteiger partial charge is 0.463 e. The lowest BCUT2D eigenvalue weighted by atomic mass is 9.88. The van der Waals surface area contributed by atoms with Crippen LogP contribution in [0.1, 0.15) is 22.6 Å². The maximum absolute atomic E-state index is 14.6. The molecule has 1 aliphatic rings. The van der Waals surface area contributed by atoms with E-state index in [1.807, 2.05) is 5.92 Å². The summed E-state index contributed by atoms with van der Waals surface area (Å²) < 4.78 is 63.9. The number of nitrogens with zero attached hydrogens (tertiary/aromatic N) is 4. The van der Waals surface area contributed by atoms with Crippen molar-refractivity contribution in [3.63, 3.8) is 0 Å². The topological polar surface area (TPSA) is 125 Å². The molecule has 33 heavy (non-hydrogen) atoms. The second kappa shape index (κ2) is 9.00. The number of pyridine rings is 1. The third-order valence-corrected chi connectivity index (χ3v) is 4.29. The number of hydrogen-bond donors (Lipinski definition) is 2. The normalized spacial score (nSPS) is 19.9. The number of ether oxygens (including phenoxy) is 2. The zero-order valence-electron chi connectivity index (χ0n) is 16.6. The standard InChI is InChI=1S/C20H14F4N6O3/c1-3-7-32-15-10-26-12(9-27-15)17(31)29-14-6-5-11(21)16(28-14)19(4-2)8-13(20(22,23)24)33-18(25)30-19/h1-2,5-6,9-10,13H,7-8H2,(H2,25,30)(H,28,29,31)/t13-,19-/m0/s1. The first-order chi connectivity index (χ1) is 15.6. The van der Waals surface area contributed by atoms with E-state index < -0.39 is 47.7 Å². The molecule has 0 unspecified atom stereocenters. The van der Waals surface area contributed by atoms with Gasteiger partial charge in [-0.3, -0.25) is 4.79 Å². The van der Waals surface area contributed by atoms with Gasteiger partial charge in [-0.2, -0.15) is 13.2 Å². The molecule has 0 saturated heterocycles. The van der Waals surface area contributed by atoms with E-state index >= 15 is 0 Å². The van der Waals surface area contributed by atoms with Gasteiger partial charge in [-0.15, -0.1) is 12.8 Å². The Balaban J connectivity index is 1.89. The Kier molecular flexibility index (Phi) is 6.35. The summed E-state index contributed by atoms with van der Waals surface area (Å²) in [5.74, 6) is 2.26. The number of nitrogens with two attached hydrogens (primary N) is 1. The van der Waals surface area contributed by atoms with Crippen molar-refractivity contribution in [1.82, 2.24) is 15.0 Å². The first-order valence-corrected chi connectivity index (χ1v) is 9.01. The van der Waals surface area contributed by atoms with E-state index in [4.69, 9.17) is 23.3 Å². The van der Waals surface area contributed by atoms with Crippen molar-refractivity contribution in [3.8, 4) is 30.6 Å². The molecule has 9 nitrogen and oxygen atoms in total. The van der Waals surface area contributed by atoms with Crippen LogP contribution in [0.3, 0.4) is 0 Å². The lowest BCUT2D eigenvalue weighted by Crippen LogP contribution is -2.47. The first-order valence-electron chi connectivity index (χ1n) is 9.01. The summed E-state index contributed by atoms with van der Waals surface area (Å²) in [6.45, 7) is -0.0489. The zero-order chi connectivity index (χ0) is 24.2. The van der Waals surface area contributed by atoms with Crippen LogP contribution in [0.25, 0.3) is 0 Å². The first kappa shape index (κ1) is 23.3. The molecule has 0 spiro atoms. The highest BCUT2D eigenvalue weighted by atomic mass is 19.4. The number of hydrogen-bond acceptors (Lipinski definition) is 8. The van der Waals surface area contributed by atoms with Gasteiger partial charge in [0.1, 0.15) is 23.0 Å². The fraction of sp³-hybridized carbons (Fsp3) is 0.250. The summed E-state index contributed by atoms with van der Waals surface area (Å²) in [5, 5.41) is 2.33. The molecule has 2 atom stereocenters. The van der Waals surface area contributed by atoms with Gasteiger partial charge in [-0.25, -0.2) is 24.3 Å². The number of anilines is 1. The van der Waals surface area contributed by atoms with Crippen LogP contribution in [0.5, 0.6) is 5.88 Å². The predicted octanol–water partition coefficient (Wildman–Crippen LogP) is 1.77. The molecule has 0 bridgehead atoms. The van der Waals surface area contributed by atoms with Crippen molar-refractivity contribution in [2.24, 2.45) is 10.7 Å². The number of terminal acetylenes is 2. The van der Waals surface area contributed by atoms with E-state index in [0.717, 1.165) is 24.5 Å². The van der Waals surface area contributed by atoms with Crippen LogP contribution in [0.2, 0.25) is 0 Å². The van der Waals surface area contributed by atoms with Gasteiger partial charge in [0.2, 0.25) is 12.0 Å². The number of aliphatic imine (C=N–C) groups is 1.